The minimum atomic E-state index is -4.58. The minimum absolute atomic E-state index is 0.378. The number of aryl methyl sites for hydroxylation is 9. The van der Waals surface area contributed by atoms with Gasteiger partial charge in [0.15, 0.2) is 0 Å². The Morgan fingerprint density at radius 3 is 0.805 bits per heavy atom. The summed E-state index contributed by atoms with van der Waals surface area (Å²) in [5.41, 5.74) is 23.6. The Bertz CT molecular complexity index is 3950. The maximum absolute atomic E-state index is 14.8. The van der Waals surface area contributed by atoms with Crippen molar-refractivity contribution in [1.29, 1.82) is 5.26 Å². The third-order valence-corrected chi connectivity index (χ3v) is 15.2. The highest BCUT2D eigenvalue weighted by atomic mass is 19.4. The molecule has 0 fully saturated rings. The lowest BCUT2D eigenvalue weighted by atomic mass is 9.96. The Kier molecular flexibility index (Phi) is 11.7. The molecule has 3 nitrogen and oxygen atoms in total. The van der Waals surface area contributed by atoms with Crippen molar-refractivity contribution in [3.05, 3.63) is 237 Å². The average Bonchev–Trinajstić information content (AvgIpc) is 3.97. The zero-order valence-electron chi connectivity index (χ0n) is 44.7. The summed E-state index contributed by atoms with van der Waals surface area (Å²) in [5.74, 6) is 0. The van der Waals surface area contributed by atoms with Crippen LogP contribution >= 0.6 is 0 Å². The number of aromatic nitrogens is 2. The van der Waals surface area contributed by atoms with Crippen molar-refractivity contribution in [2.45, 2.75) is 68.5 Å². The van der Waals surface area contributed by atoms with Crippen molar-refractivity contribution in [2.24, 2.45) is 0 Å². The molecule has 0 aliphatic rings. The van der Waals surface area contributed by atoms with E-state index in [9.17, 15) is 18.4 Å². The first-order valence-electron chi connectivity index (χ1n) is 26.1. The van der Waals surface area contributed by atoms with Crippen LogP contribution in [0, 0.1) is 73.6 Å². The van der Waals surface area contributed by atoms with E-state index in [-0.39, 0.29) is 0 Å². The molecule has 0 saturated carbocycles. The molecule has 12 aromatic rings. The van der Waals surface area contributed by atoms with Crippen LogP contribution in [0.4, 0.5) is 13.2 Å². The molecule has 10 aromatic carbocycles. The van der Waals surface area contributed by atoms with Gasteiger partial charge < -0.3 is 9.13 Å². The van der Waals surface area contributed by atoms with E-state index in [0.29, 0.717) is 33.6 Å². The Morgan fingerprint density at radius 1 is 0.299 bits per heavy atom. The summed E-state index contributed by atoms with van der Waals surface area (Å²) in [6.45, 7) is 18.6. The molecular weight excluding hydrogens is 952 g/mol. The monoisotopic (exact) mass is 1010 g/mol. The quantitative estimate of drug-likeness (QED) is 0.157. The predicted octanol–water partition coefficient (Wildman–Crippen LogP) is 19.9. The largest absolute Gasteiger partial charge is 0.416 e. The number of halogens is 3. The summed E-state index contributed by atoms with van der Waals surface area (Å²) in [5, 5.41) is 15.9. The minimum Gasteiger partial charge on any atom is -0.308 e. The molecule has 2 heterocycles. The lowest BCUT2D eigenvalue weighted by Crippen LogP contribution is -2.07. The fourth-order valence-electron chi connectivity index (χ4n) is 12.2. The third-order valence-electron chi connectivity index (χ3n) is 15.2. The molecule has 2 aromatic heterocycles. The summed E-state index contributed by atoms with van der Waals surface area (Å²) < 4.78 is 48.8. The standard InChI is InChI=1S/C71H56F3N3/c1-40-18-41(2)23-53(22-40)49-10-14-65-60(33-49)61-34-50(54-24-42(3)19-43(4)25-54)11-15-66(61)76(65)69-37-58(57-30-48(9)31-59(32-57)71(72,73)74)38-70(64(69)39-75)77-67-16-12-51(55-26-44(5)20-45(6)27-55)35-62(67)63-36-52(13-17-68(63)77)56-28-46(7)21-47(8)29-56/h10-38H,1-9H3. The van der Waals surface area contributed by atoms with E-state index < -0.39 is 11.7 Å². The molecule has 0 saturated heterocycles. The summed E-state index contributed by atoms with van der Waals surface area (Å²) in [6.07, 6.45) is -4.58. The molecule has 0 bridgehead atoms. The topological polar surface area (TPSA) is 33.6 Å². The van der Waals surface area contributed by atoms with E-state index in [1.54, 1.807) is 13.0 Å². The maximum atomic E-state index is 14.8. The molecule has 0 aliphatic heterocycles. The summed E-state index contributed by atoms with van der Waals surface area (Å²) >= 11 is 0. The maximum Gasteiger partial charge on any atom is 0.416 e. The molecule has 0 atom stereocenters. The summed E-state index contributed by atoms with van der Waals surface area (Å²) in [6, 6.07) is 63.1. The molecule has 0 radical (unpaired) electrons. The first kappa shape index (κ1) is 49.0. The molecule has 6 heteroatoms. The number of nitrogens with zero attached hydrogens (tertiary/aromatic N) is 3. The van der Waals surface area contributed by atoms with Crippen molar-refractivity contribution in [1.82, 2.24) is 9.13 Å². The molecule has 0 aliphatic carbocycles. The van der Waals surface area contributed by atoms with Crippen LogP contribution in [-0.2, 0) is 6.18 Å². The number of hydrogen-bond donors (Lipinski definition) is 0. The Morgan fingerprint density at radius 2 is 0.545 bits per heavy atom. The Labute approximate surface area is 447 Å². The lowest BCUT2D eigenvalue weighted by molar-refractivity contribution is -0.137. The first-order valence-corrected chi connectivity index (χ1v) is 26.1. The second-order valence-corrected chi connectivity index (χ2v) is 21.7. The average molecular weight is 1010 g/mol. The number of alkyl halides is 3. The smallest absolute Gasteiger partial charge is 0.308 e. The van der Waals surface area contributed by atoms with Gasteiger partial charge in [-0.25, -0.2) is 0 Å². The van der Waals surface area contributed by atoms with Crippen molar-refractivity contribution >= 4 is 43.6 Å². The van der Waals surface area contributed by atoms with E-state index in [4.69, 9.17) is 0 Å². The van der Waals surface area contributed by atoms with Crippen LogP contribution in [0.3, 0.4) is 0 Å². The first-order chi connectivity index (χ1) is 36.8. The van der Waals surface area contributed by atoms with Crippen LogP contribution in [0.1, 0.15) is 61.2 Å². The number of nitriles is 1. The van der Waals surface area contributed by atoms with Gasteiger partial charge >= 0.3 is 6.18 Å². The molecule has 0 spiro atoms. The summed E-state index contributed by atoms with van der Waals surface area (Å²) in [4.78, 5) is 0. The van der Waals surface area contributed by atoms with Crippen LogP contribution in [0.25, 0.3) is 111 Å². The van der Waals surface area contributed by atoms with Gasteiger partial charge in [0.1, 0.15) is 11.6 Å². The normalized spacial score (nSPS) is 11.9. The Hall–Kier alpha value is -8.92. The highest BCUT2D eigenvalue weighted by molar-refractivity contribution is 6.14. The van der Waals surface area contributed by atoms with Crippen LogP contribution in [0.5, 0.6) is 0 Å². The van der Waals surface area contributed by atoms with Crippen LogP contribution in [0.2, 0.25) is 0 Å². The fourth-order valence-corrected chi connectivity index (χ4v) is 12.2. The van der Waals surface area contributed by atoms with Crippen molar-refractivity contribution in [2.75, 3.05) is 0 Å². The molecule has 77 heavy (non-hydrogen) atoms. The van der Waals surface area contributed by atoms with Gasteiger partial charge in [-0.15, -0.1) is 0 Å². The predicted molar refractivity (Wildman–Crippen MR) is 315 cm³/mol. The van der Waals surface area contributed by atoms with Gasteiger partial charge in [-0.2, -0.15) is 18.4 Å². The van der Waals surface area contributed by atoms with E-state index >= 15 is 0 Å². The molecular formula is C71H56F3N3. The van der Waals surface area contributed by atoms with Crippen LogP contribution in [-0.4, -0.2) is 9.13 Å². The van der Waals surface area contributed by atoms with Crippen molar-refractivity contribution in [3.63, 3.8) is 0 Å². The van der Waals surface area contributed by atoms with Gasteiger partial charge in [-0.05, 0) is 196 Å². The Balaban J connectivity index is 1.20. The van der Waals surface area contributed by atoms with Crippen molar-refractivity contribution in [3.8, 4) is 73.1 Å². The molecule has 0 unspecified atom stereocenters. The molecule has 0 N–H and O–H groups in total. The van der Waals surface area contributed by atoms with E-state index in [1.807, 2.05) is 12.1 Å². The van der Waals surface area contributed by atoms with E-state index in [0.717, 1.165) is 88.1 Å². The molecule has 12 rings (SSSR count). The highest BCUT2D eigenvalue weighted by Gasteiger charge is 2.32. The third kappa shape index (κ3) is 8.86. The number of rotatable bonds is 7. The van der Waals surface area contributed by atoms with Crippen LogP contribution < -0.4 is 0 Å². The second kappa shape index (κ2) is 18.4. The zero-order chi connectivity index (χ0) is 53.8. The van der Waals surface area contributed by atoms with E-state index in [2.05, 4.69) is 216 Å². The second-order valence-electron chi connectivity index (χ2n) is 21.7. The summed E-state index contributed by atoms with van der Waals surface area (Å²) in [7, 11) is 0. The number of fused-ring (bicyclic) bond motifs is 6. The van der Waals surface area contributed by atoms with Gasteiger partial charge in [0, 0.05) is 21.5 Å². The SMILES string of the molecule is Cc1cc(C)cc(-c2ccc3c(c2)c2cc(-c4cc(C)cc(C)c4)ccc2n3-c2cc(-c3cc(C)cc(C(F)(F)F)c3)cc(-n3c4ccc(-c5cc(C)cc(C)c5)cc4c4cc(-c5cc(C)cc(C)c5)ccc43)c2C#N)c1. The highest BCUT2D eigenvalue weighted by Crippen LogP contribution is 2.45. The van der Waals surface area contributed by atoms with E-state index in [1.165, 1.54) is 56.6 Å². The van der Waals surface area contributed by atoms with Gasteiger partial charge in [0.2, 0.25) is 0 Å². The van der Waals surface area contributed by atoms with Gasteiger partial charge in [-0.1, -0.05) is 148 Å². The van der Waals surface area contributed by atoms with Gasteiger partial charge in [0.25, 0.3) is 0 Å². The van der Waals surface area contributed by atoms with Crippen LogP contribution in [0.15, 0.2) is 176 Å². The number of hydrogen-bond acceptors (Lipinski definition) is 1. The van der Waals surface area contributed by atoms with Gasteiger partial charge in [0.05, 0.1) is 39.0 Å². The van der Waals surface area contributed by atoms with Gasteiger partial charge in [-0.3, -0.25) is 0 Å². The zero-order valence-corrected chi connectivity index (χ0v) is 44.7. The fraction of sp³-hybridized carbons (Fsp3) is 0.141. The van der Waals surface area contributed by atoms with Crippen molar-refractivity contribution < 1.29 is 13.2 Å². The molecule has 0 amide bonds. The lowest BCUT2D eigenvalue weighted by Gasteiger charge is -2.19. The number of benzene rings is 10. The molecule has 376 valence electrons.